The van der Waals surface area contributed by atoms with Gasteiger partial charge in [0.1, 0.15) is 12.4 Å². The van der Waals surface area contributed by atoms with Crippen LogP contribution in [0.3, 0.4) is 0 Å². The number of hydrogen-bond acceptors (Lipinski definition) is 7. The zero-order valence-electron chi connectivity index (χ0n) is 24.1. The molecule has 4 rings (SSSR count). The molecule has 216 valence electrons. The minimum absolute atomic E-state index is 0.0882. The van der Waals surface area contributed by atoms with Crippen LogP contribution in [-0.4, -0.2) is 77.6 Å². The lowest BCUT2D eigenvalue weighted by Crippen LogP contribution is -2.39. The van der Waals surface area contributed by atoms with Gasteiger partial charge in [0.15, 0.2) is 11.5 Å². The number of ether oxygens (including phenoxy) is 2. The highest BCUT2D eigenvalue weighted by atomic mass is 16.5. The molecule has 2 aliphatic heterocycles. The van der Waals surface area contributed by atoms with Gasteiger partial charge in [-0.25, -0.2) is 0 Å². The van der Waals surface area contributed by atoms with Crippen molar-refractivity contribution in [3.63, 3.8) is 0 Å². The van der Waals surface area contributed by atoms with Crippen molar-refractivity contribution in [2.45, 2.75) is 33.2 Å². The molecule has 0 aliphatic carbocycles. The van der Waals surface area contributed by atoms with Gasteiger partial charge in [0.05, 0.1) is 24.8 Å². The molecule has 1 aromatic heterocycles. The maximum atomic E-state index is 13.9. The molecule has 3 heterocycles. The molecular formula is C33H39N3O5. The quantitative estimate of drug-likeness (QED) is 0.285. The Morgan fingerprint density at radius 3 is 2.56 bits per heavy atom. The fourth-order valence-corrected chi connectivity index (χ4v) is 5.15. The van der Waals surface area contributed by atoms with Gasteiger partial charge in [-0.3, -0.25) is 19.5 Å². The van der Waals surface area contributed by atoms with Crippen LogP contribution in [0.2, 0.25) is 0 Å². The second-order valence-corrected chi connectivity index (χ2v) is 10.1. The maximum Gasteiger partial charge on any atom is 0.290 e. The molecule has 1 unspecified atom stereocenters. The van der Waals surface area contributed by atoms with E-state index in [-0.39, 0.29) is 11.4 Å². The molecule has 0 radical (unpaired) electrons. The number of pyridine rings is 1. The summed E-state index contributed by atoms with van der Waals surface area (Å²) in [5, 5.41) is 11.0. The van der Waals surface area contributed by atoms with E-state index in [1.54, 1.807) is 47.6 Å². The summed E-state index contributed by atoms with van der Waals surface area (Å²) in [5.74, 6) is -0.747. The first-order valence-electron chi connectivity index (χ1n) is 14.1. The molecule has 8 heteroatoms. The number of benzene rings is 1. The Labute approximate surface area is 242 Å². The van der Waals surface area contributed by atoms with Crippen LogP contribution in [0.1, 0.15) is 47.8 Å². The standard InChI is InChI=1S/C33H39N3O5/c1-4-6-9-25(8-5-2)23-41-28-11-10-27(22-24(28)3)31(37)29-30(26-12-14-34-15-13-26)36(33(39)32(29)38)17-7-16-35-18-20-40-21-19-35/h4-6,8-15,22,30,38H,7,16-21,23H2,1-3H3/b6-4-,8-5-,25-9+. The number of morpholine rings is 1. The first-order valence-corrected chi connectivity index (χ1v) is 14.1. The Morgan fingerprint density at radius 1 is 1.12 bits per heavy atom. The number of aryl methyl sites for hydroxylation is 1. The van der Waals surface area contributed by atoms with Crippen molar-refractivity contribution in [1.29, 1.82) is 0 Å². The van der Waals surface area contributed by atoms with E-state index in [9.17, 15) is 14.7 Å². The number of amides is 1. The molecular weight excluding hydrogens is 518 g/mol. The lowest BCUT2D eigenvalue weighted by Gasteiger charge is -2.30. The number of allylic oxidation sites excluding steroid dienone is 4. The Kier molecular flexibility index (Phi) is 10.6. The number of carbonyl (C=O) groups excluding carboxylic acids is 2. The Bertz CT molecular complexity index is 1340. The number of Topliss-reactive ketones (excluding diaryl/α,β-unsaturated/α-hetero) is 1. The largest absolute Gasteiger partial charge is 0.503 e. The molecule has 0 saturated carbocycles. The van der Waals surface area contributed by atoms with Crippen LogP contribution in [0, 0.1) is 6.92 Å². The molecule has 1 saturated heterocycles. The van der Waals surface area contributed by atoms with Crippen LogP contribution in [0.4, 0.5) is 0 Å². The van der Waals surface area contributed by atoms with Crippen molar-refractivity contribution < 1.29 is 24.2 Å². The van der Waals surface area contributed by atoms with E-state index < -0.39 is 17.7 Å². The first-order chi connectivity index (χ1) is 19.9. The Balaban J connectivity index is 1.54. The van der Waals surface area contributed by atoms with Gasteiger partial charge in [-0.1, -0.05) is 30.4 Å². The summed E-state index contributed by atoms with van der Waals surface area (Å²) in [7, 11) is 0. The summed E-state index contributed by atoms with van der Waals surface area (Å²) >= 11 is 0. The Hall–Kier alpha value is -4.01. The van der Waals surface area contributed by atoms with Crippen LogP contribution in [-0.2, 0) is 9.53 Å². The number of carbonyl (C=O) groups is 2. The summed E-state index contributed by atoms with van der Waals surface area (Å²) in [4.78, 5) is 35.2. The summed E-state index contributed by atoms with van der Waals surface area (Å²) in [6.07, 6.45) is 13.8. The SMILES string of the molecule is C\C=C/C=C(\C=C/C)COc1ccc(C(=O)C2=C(O)C(=O)N(CCCN3CCOCC3)C2c2ccncc2)cc1C. The van der Waals surface area contributed by atoms with Crippen LogP contribution in [0.25, 0.3) is 0 Å². The van der Waals surface area contributed by atoms with Crippen LogP contribution >= 0.6 is 0 Å². The van der Waals surface area contributed by atoms with Gasteiger partial charge in [-0.05, 0) is 74.2 Å². The van der Waals surface area contributed by atoms with E-state index in [0.29, 0.717) is 44.1 Å². The van der Waals surface area contributed by atoms with E-state index in [1.165, 1.54) is 0 Å². The van der Waals surface area contributed by atoms with Gasteiger partial charge in [-0.15, -0.1) is 0 Å². The number of aliphatic hydroxyl groups excluding tert-OH is 1. The highest BCUT2D eigenvalue weighted by molar-refractivity contribution is 6.16. The fourth-order valence-electron chi connectivity index (χ4n) is 5.15. The summed E-state index contributed by atoms with van der Waals surface area (Å²) in [5.41, 5.74) is 3.00. The number of aliphatic hydroxyl groups is 1. The molecule has 1 aromatic carbocycles. The first kappa shape index (κ1) is 30.0. The van der Waals surface area contributed by atoms with Gasteiger partial charge in [0.2, 0.25) is 0 Å². The van der Waals surface area contributed by atoms with Gasteiger partial charge < -0.3 is 19.5 Å². The zero-order chi connectivity index (χ0) is 29.2. The van der Waals surface area contributed by atoms with E-state index in [4.69, 9.17) is 9.47 Å². The third kappa shape index (κ3) is 7.39. The minimum atomic E-state index is -0.695. The van der Waals surface area contributed by atoms with Crippen LogP contribution in [0.15, 0.2) is 90.0 Å². The van der Waals surface area contributed by atoms with E-state index in [2.05, 4.69) is 9.88 Å². The molecule has 41 heavy (non-hydrogen) atoms. The summed E-state index contributed by atoms with van der Waals surface area (Å²) < 4.78 is 11.5. The Morgan fingerprint density at radius 2 is 1.88 bits per heavy atom. The minimum Gasteiger partial charge on any atom is -0.503 e. The molecule has 1 N–H and O–H groups in total. The second kappa shape index (κ2) is 14.6. The van der Waals surface area contributed by atoms with Crippen LogP contribution in [0.5, 0.6) is 5.75 Å². The van der Waals surface area contributed by atoms with E-state index in [0.717, 1.165) is 36.3 Å². The smallest absolute Gasteiger partial charge is 0.290 e. The van der Waals surface area contributed by atoms with Crippen molar-refractivity contribution in [3.05, 3.63) is 107 Å². The molecule has 1 fully saturated rings. The third-order valence-corrected chi connectivity index (χ3v) is 7.26. The van der Waals surface area contributed by atoms with E-state index >= 15 is 0 Å². The highest BCUT2D eigenvalue weighted by Crippen LogP contribution is 2.39. The number of nitrogens with zero attached hydrogens (tertiary/aromatic N) is 3. The molecule has 0 bridgehead atoms. The topological polar surface area (TPSA) is 92.2 Å². The lowest BCUT2D eigenvalue weighted by molar-refractivity contribution is -0.129. The number of rotatable bonds is 12. The van der Waals surface area contributed by atoms with Gasteiger partial charge in [0.25, 0.3) is 5.91 Å². The monoisotopic (exact) mass is 557 g/mol. The zero-order valence-corrected chi connectivity index (χ0v) is 24.1. The summed E-state index contributed by atoms with van der Waals surface area (Å²) in [6.45, 7) is 10.5. The van der Waals surface area contributed by atoms with Gasteiger partial charge in [0, 0.05) is 44.1 Å². The lowest BCUT2D eigenvalue weighted by atomic mass is 9.92. The second-order valence-electron chi connectivity index (χ2n) is 10.1. The van der Waals surface area contributed by atoms with E-state index in [1.807, 2.05) is 51.2 Å². The highest BCUT2D eigenvalue weighted by Gasteiger charge is 2.43. The third-order valence-electron chi connectivity index (χ3n) is 7.26. The maximum absolute atomic E-state index is 13.9. The van der Waals surface area contributed by atoms with Crippen molar-refractivity contribution in [2.24, 2.45) is 0 Å². The predicted molar refractivity (Wildman–Crippen MR) is 159 cm³/mol. The summed E-state index contributed by atoms with van der Waals surface area (Å²) in [6, 6.07) is 8.07. The number of aromatic nitrogens is 1. The van der Waals surface area contributed by atoms with Gasteiger partial charge in [-0.2, -0.15) is 0 Å². The predicted octanol–water partition coefficient (Wildman–Crippen LogP) is 5.15. The number of ketones is 1. The van der Waals surface area contributed by atoms with Crippen molar-refractivity contribution in [2.75, 3.05) is 46.0 Å². The van der Waals surface area contributed by atoms with Crippen molar-refractivity contribution >= 4 is 11.7 Å². The average Bonchev–Trinajstić information content (AvgIpc) is 3.24. The van der Waals surface area contributed by atoms with Crippen molar-refractivity contribution in [1.82, 2.24) is 14.8 Å². The molecule has 2 aromatic rings. The molecule has 1 atom stereocenters. The molecule has 1 amide bonds. The average molecular weight is 558 g/mol. The van der Waals surface area contributed by atoms with Crippen molar-refractivity contribution in [3.8, 4) is 5.75 Å². The molecule has 0 spiro atoms. The normalized spacial score (nSPS) is 18.7. The number of hydrogen-bond donors (Lipinski definition) is 1. The van der Waals surface area contributed by atoms with Gasteiger partial charge >= 0.3 is 0 Å². The molecule has 2 aliphatic rings. The fraction of sp³-hybridized carbons (Fsp3) is 0.364. The van der Waals surface area contributed by atoms with Crippen LogP contribution < -0.4 is 4.74 Å². The molecule has 8 nitrogen and oxygen atoms in total.